The van der Waals surface area contributed by atoms with Gasteiger partial charge in [-0.3, -0.25) is 4.55 Å². The average molecular weight is 348 g/mol. The Kier molecular flexibility index (Phi) is 6.22. The first kappa shape index (κ1) is 19.0. The Labute approximate surface area is 131 Å². The molecule has 0 fully saturated rings. The van der Waals surface area contributed by atoms with E-state index in [-0.39, 0.29) is 11.9 Å². The van der Waals surface area contributed by atoms with Crippen LogP contribution in [0.2, 0.25) is 0 Å². The number of carbonyl (C=O) groups is 2. The molecule has 0 aliphatic heterocycles. The van der Waals surface area contributed by atoms with E-state index in [1.54, 1.807) is 6.07 Å². The Morgan fingerprint density at radius 2 is 1.91 bits per heavy atom. The molecule has 0 atom stereocenters. The van der Waals surface area contributed by atoms with Crippen LogP contribution in [0.3, 0.4) is 0 Å². The van der Waals surface area contributed by atoms with Gasteiger partial charge in [0.1, 0.15) is 0 Å². The second-order valence-corrected chi connectivity index (χ2v) is 5.80. The first-order valence-electron chi connectivity index (χ1n) is 6.03. The molecule has 1 N–H and O–H groups in total. The summed E-state index contributed by atoms with van der Waals surface area (Å²) < 4.78 is 62.9. The van der Waals surface area contributed by atoms with Crippen LogP contribution in [0.25, 0.3) is 0 Å². The summed E-state index contributed by atoms with van der Waals surface area (Å²) in [6.07, 6.45) is 0.174. The molecule has 2 radical (unpaired) electrons. The Balaban J connectivity index is 2.51. The number of benzene rings is 1. The summed E-state index contributed by atoms with van der Waals surface area (Å²) in [5, 5.41) is -4.65. The molecule has 0 spiro atoms. The standard InChI is InChI=1S/C12H11BF2O7S/c13-5-8-2-1-3-9(4-8)11(17)21-6-10(16)22-7-12(14,15)23(18,19)20/h1-4H,5-7H2,(H,18,19,20). The molecular formula is C12H11BF2O7S. The fourth-order valence-corrected chi connectivity index (χ4v) is 1.52. The van der Waals surface area contributed by atoms with Crippen LogP contribution in [0, 0.1) is 0 Å². The molecule has 0 saturated carbocycles. The molecule has 0 saturated heterocycles. The lowest BCUT2D eigenvalue weighted by molar-refractivity contribution is -0.153. The Morgan fingerprint density at radius 1 is 1.26 bits per heavy atom. The number of halogens is 2. The topological polar surface area (TPSA) is 107 Å². The number of rotatable bonds is 7. The normalized spacial score (nSPS) is 11.8. The van der Waals surface area contributed by atoms with E-state index in [1.165, 1.54) is 18.2 Å². The summed E-state index contributed by atoms with van der Waals surface area (Å²) in [5.41, 5.74) is 0.721. The highest BCUT2D eigenvalue weighted by Gasteiger charge is 2.45. The van der Waals surface area contributed by atoms with Gasteiger partial charge in [0, 0.05) is 0 Å². The van der Waals surface area contributed by atoms with Gasteiger partial charge in [-0.2, -0.15) is 17.2 Å². The number of esters is 2. The molecule has 0 bridgehead atoms. The first-order valence-corrected chi connectivity index (χ1v) is 7.47. The average Bonchev–Trinajstić information content (AvgIpc) is 2.49. The fraction of sp³-hybridized carbons (Fsp3) is 0.333. The van der Waals surface area contributed by atoms with E-state index in [0.717, 1.165) is 0 Å². The zero-order chi connectivity index (χ0) is 17.7. The van der Waals surface area contributed by atoms with Gasteiger partial charge in [0.15, 0.2) is 13.2 Å². The molecule has 0 unspecified atom stereocenters. The van der Waals surface area contributed by atoms with Gasteiger partial charge in [0.25, 0.3) is 0 Å². The Hall–Kier alpha value is -2.01. The monoisotopic (exact) mass is 348 g/mol. The van der Waals surface area contributed by atoms with Crippen LogP contribution in [0.5, 0.6) is 0 Å². The van der Waals surface area contributed by atoms with Crippen molar-refractivity contribution in [1.82, 2.24) is 0 Å². The second kappa shape index (κ2) is 7.51. The number of hydrogen-bond donors (Lipinski definition) is 1. The molecule has 0 aliphatic rings. The van der Waals surface area contributed by atoms with Crippen molar-refractivity contribution in [3.05, 3.63) is 35.4 Å². The van der Waals surface area contributed by atoms with E-state index < -0.39 is 40.5 Å². The maximum Gasteiger partial charge on any atom is 0.402 e. The number of alkyl halides is 2. The number of hydrogen-bond acceptors (Lipinski definition) is 6. The third kappa shape index (κ3) is 5.60. The summed E-state index contributed by atoms with van der Waals surface area (Å²) in [5.74, 6) is -2.32. The third-order valence-electron chi connectivity index (χ3n) is 2.50. The number of ether oxygens (including phenoxy) is 2. The van der Waals surface area contributed by atoms with E-state index in [0.29, 0.717) is 5.56 Å². The minimum atomic E-state index is -5.71. The van der Waals surface area contributed by atoms with E-state index in [1.807, 2.05) is 0 Å². The van der Waals surface area contributed by atoms with Gasteiger partial charge < -0.3 is 9.47 Å². The summed E-state index contributed by atoms with van der Waals surface area (Å²) in [6, 6.07) is 5.99. The lowest BCUT2D eigenvalue weighted by Gasteiger charge is -2.13. The van der Waals surface area contributed by atoms with Crippen molar-refractivity contribution >= 4 is 29.9 Å². The molecule has 7 nitrogen and oxygen atoms in total. The maximum atomic E-state index is 12.8. The van der Waals surface area contributed by atoms with Gasteiger partial charge in [-0.25, -0.2) is 9.59 Å². The number of carbonyl (C=O) groups excluding carboxylic acids is 2. The van der Waals surface area contributed by atoms with Gasteiger partial charge in [0.05, 0.1) is 13.4 Å². The van der Waals surface area contributed by atoms with Crippen LogP contribution < -0.4 is 0 Å². The van der Waals surface area contributed by atoms with Gasteiger partial charge >= 0.3 is 27.3 Å². The summed E-state index contributed by atoms with van der Waals surface area (Å²) in [6.45, 7) is -2.90. The maximum absolute atomic E-state index is 12.8. The van der Waals surface area contributed by atoms with Gasteiger partial charge in [-0.1, -0.05) is 24.0 Å². The molecule has 0 aromatic heterocycles. The zero-order valence-electron chi connectivity index (χ0n) is 11.6. The molecule has 1 aromatic rings. The molecular weight excluding hydrogens is 337 g/mol. The quantitative estimate of drug-likeness (QED) is 0.435. The lowest BCUT2D eigenvalue weighted by Crippen LogP contribution is -2.35. The Bertz CT molecular complexity index is 690. The van der Waals surface area contributed by atoms with Crippen LogP contribution >= 0.6 is 0 Å². The van der Waals surface area contributed by atoms with E-state index in [2.05, 4.69) is 9.47 Å². The zero-order valence-corrected chi connectivity index (χ0v) is 12.4. The highest BCUT2D eigenvalue weighted by Crippen LogP contribution is 2.20. The molecule has 1 rings (SSSR count). The SMILES string of the molecule is [B]Cc1cccc(C(=O)OCC(=O)OCC(F)(F)S(=O)(=O)O)c1. The van der Waals surface area contributed by atoms with Crippen molar-refractivity contribution in [2.45, 2.75) is 11.6 Å². The van der Waals surface area contributed by atoms with Gasteiger partial charge in [0.2, 0.25) is 0 Å². The first-order chi connectivity index (χ1) is 10.6. The molecule has 0 heterocycles. The molecule has 0 aliphatic carbocycles. The van der Waals surface area contributed by atoms with Crippen molar-refractivity contribution in [2.24, 2.45) is 0 Å². The molecule has 1 aromatic carbocycles. The Morgan fingerprint density at radius 3 is 2.48 bits per heavy atom. The van der Waals surface area contributed by atoms with Crippen LogP contribution in [0.4, 0.5) is 8.78 Å². The lowest BCUT2D eigenvalue weighted by atomic mass is 9.96. The third-order valence-corrected chi connectivity index (χ3v) is 3.37. The summed E-state index contributed by atoms with van der Waals surface area (Å²) >= 11 is 0. The molecule has 124 valence electrons. The predicted molar refractivity (Wildman–Crippen MR) is 73.6 cm³/mol. The van der Waals surface area contributed by atoms with Crippen molar-refractivity contribution in [3.8, 4) is 0 Å². The summed E-state index contributed by atoms with van der Waals surface area (Å²) in [4.78, 5) is 22.8. The minimum absolute atomic E-state index is 0.0871. The predicted octanol–water partition coefficient (Wildman–Crippen LogP) is 0.536. The highest BCUT2D eigenvalue weighted by molar-refractivity contribution is 7.86. The van der Waals surface area contributed by atoms with Crippen LogP contribution in [-0.2, 0) is 30.7 Å². The smallest absolute Gasteiger partial charge is 0.402 e. The van der Waals surface area contributed by atoms with Crippen LogP contribution in [0.15, 0.2) is 24.3 Å². The van der Waals surface area contributed by atoms with Crippen molar-refractivity contribution in [3.63, 3.8) is 0 Å². The van der Waals surface area contributed by atoms with Gasteiger partial charge in [-0.15, -0.1) is 0 Å². The highest BCUT2D eigenvalue weighted by atomic mass is 32.2. The van der Waals surface area contributed by atoms with Crippen molar-refractivity contribution < 1.29 is 40.8 Å². The van der Waals surface area contributed by atoms with E-state index in [4.69, 9.17) is 12.4 Å². The molecule has 23 heavy (non-hydrogen) atoms. The summed E-state index contributed by atoms with van der Waals surface area (Å²) in [7, 11) is -0.320. The minimum Gasteiger partial charge on any atom is -0.455 e. The molecule has 0 amide bonds. The van der Waals surface area contributed by atoms with Crippen molar-refractivity contribution in [2.75, 3.05) is 13.2 Å². The fourth-order valence-electron chi connectivity index (χ4n) is 1.31. The van der Waals surface area contributed by atoms with Crippen LogP contribution in [0.1, 0.15) is 15.9 Å². The van der Waals surface area contributed by atoms with Crippen molar-refractivity contribution in [1.29, 1.82) is 0 Å². The van der Waals surface area contributed by atoms with Gasteiger partial charge in [-0.05, 0) is 12.1 Å². The van der Waals surface area contributed by atoms with E-state index in [9.17, 15) is 26.8 Å². The molecule has 11 heteroatoms. The van der Waals surface area contributed by atoms with Crippen LogP contribution in [-0.4, -0.2) is 51.2 Å². The van der Waals surface area contributed by atoms with E-state index >= 15 is 0 Å². The largest absolute Gasteiger partial charge is 0.455 e. The second-order valence-electron chi connectivity index (χ2n) is 4.25.